The highest BCUT2D eigenvalue weighted by Crippen LogP contribution is 2.35. The first kappa shape index (κ1) is 24.4. The minimum atomic E-state index is -0.510. The number of benzene rings is 3. The highest BCUT2D eigenvalue weighted by molar-refractivity contribution is 7.15. The fraction of sp³-hybridized carbons (Fsp3) is 0.103. The van der Waals surface area contributed by atoms with E-state index in [4.69, 9.17) is 30.9 Å². The van der Waals surface area contributed by atoms with Gasteiger partial charge in [-0.25, -0.2) is 4.68 Å². The van der Waals surface area contributed by atoms with Gasteiger partial charge in [-0.05, 0) is 48.5 Å². The Morgan fingerprint density at radius 1 is 1.05 bits per heavy atom. The minimum absolute atomic E-state index is 0.258. The van der Waals surface area contributed by atoms with Gasteiger partial charge in [-0.15, -0.1) is 5.10 Å². The predicted octanol–water partition coefficient (Wildman–Crippen LogP) is 4.73. The molecule has 1 unspecified atom stereocenters. The van der Waals surface area contributed by atoms with E-state index >= 15 is 0 Å². The van der Waals surface area contributed by atoms with E-state index in [0.29, 0.717) is 43.3 Å². The molecule has 3 aromatic heterocycles. The van der Waals surface area contributed by atoms with Crippen LogP contribution in [0.1, 0.15) is 17.5 Å². The predicted molar refractivity (Wildman–Crippen MR) is 152 cm³/mol. The second kappa shape index (κ2) is 9.82. The molecule has 40 heavy (non-hydrogen) atoms. The van der Waals surface area contributed by atoms with Crippen molar-refractivity contribution in [2.45, 2.75) is 6.10 Å². The van der Waals surface area contributed by atoms with Crippen molar-refractivity contribution in [2.24, 2.45) is 0 Å². The van der Waals surface area contributed by atoms with E-state index in [1.54, 1.807) is 30.0 Å². The fourth-order valence-electron chi connectivity index (χ4n) is 4.52. The molecule has 1 atom stereocenters. The van der Waals surface area contributed by atoms with Crippen molar-refractivity contribution in [2.75, 3.05) is 13.7 Å². The van der Waals surface area contributed by atoms with Crippen molar-refractivity contribution in [3.8, 4) is 34.2 Å². The summed E-state index contributed by atoms with van der Waals surface area (Å²) < 4.78 is 20.7. The molecule has 198 valence electrons. The maximum Gasteiger partial charge on any atom is 0.291 e. The molecular weight excluding hydrogens is 550 g/mol. The lowest BCUT2D eigenvalue weighted by molar-refractivity contribution is 0.0852. The number of hydrogen-bond acceptors (Lipinski definition) is 8. The van der Waals surface area contributed by atoms with E-state index in [0.717, 1.165) is 16.8 Å². The lowest BCUT2D eigenvalue weighted by Gasteiger charge is -2.24. The molecular formula is C29H20ClN5O4S. The van der Waals surface area contributed by atoms with Gasteiger partial charge in [-0.1, -0.05) is 53.3 Å². The average molecular weight is 570 g/mol. The number of ether oxygens (including phenoxy) is 3. The van der Waals surface area contributed by atoms with Crippen LogP contribution in [0.2, 0.25) is 5.02 Å². The van der Waals surface area contributed by atoms with Gasteiger partial charge in [0.05, 0.1) is 22.4 Å². The number of fused-ring (bicyclic) bond motifs is 2. The van der Waals surface area contributed by atoms with Crippen LogP contribution in [0.5, 0.6) is 17.2 Å². The van der Waals surface area contributed by atoms with Crippen LogP contribution in [-0.4, -0.2) is 38.1 Å². The molecule has 1 aliphatic rings. The van der Waals surface area contributed by atoms with Gasteiger partial charge in [0.25, 0.3) is 5.56 Å². The molecule has 0 fully saturated rings. The van der Waals surface area contributed by atoms with E-state index in [9.17, 15) is 4.79 Å². The Balaban J connectivity index is 1.29. The molecule has 4 heterocycles. The Bertz CT molecular complexity index is 1990. The van der Waals surface area contributed by atoms with Gasteiger partial charge in [0.2, 0.25) is 4.96 Å². The molecule has 0 aliphatic carbocycles. The van der Waals surface area contributed by atoms with Crippen molar-refractivity contribution in [3.63, 3.8) is 0 Å². The third-order valence-corrected chi connectivity index (χ3v) is 7.72. The monoisotopic (exact) mass is 569 g/mol. The summed E-state index contributed by atoms with van der Waals surface area (Å²) in [6.07, 6.45) is 3.18. The molecule has 6 aromatic rings. The largest absolute Gasteiger partial charge is 0.495 e. The Labute approximate surface area is 236 Å². The number of thiazole rings is 1. The summed E-state index contributed by atoms with van der Waals surface area (Å²) in [7, 11) is 1.57. The summed E-state index contributed by atoms with van der Waals surface area (Å²) in [6.45, 7) is 0.258. The third-order valence-electron chi connectivity index (χ3n) is 6.47. The van der Waals surface area contributed by atoms with Crippen molar-refractivity contribution >= 4 is 34.0 Å². The van der Waals surface area contributed by atoms with E-state index in [-0.39, 0.29) is 12.2 Å². The Hall–Kier alpha value is -4.67. The van der Waals surface area contributed by atoms with Crippen molar-refractivity contribution in [1.29, 1.82) is 0 Å². The van der Waals surface area contributed by atoms with E-state index < -0.39 is 6.10 Å². The summed E-state index contributed by atoms with van der Waals surface area (Å²) in [5.74, 6) is 2.26. The normalized spacial score (nSPS) is 15.1. The summed E-state index contributed by atoms with van der Waals surface area (Å²) in [4.78, 5) is 18.5. The number of nitrogens with zero attached hydrogens (tertiary/aromatic N) is 5. The summed E-state index contributed by atoms with van der Waals surface area (Å²) in [5.41, 5.74) is 2.80. The highest BCUT2D eigenvalue weighted by atomic mass is 35.5. The van der Waals surface area contributed by atoms with Crippen LogP contribution in [0.3, 0.4) is 0 Å². The maximum absolute atomic E-state index is 13.4. The topological polar surface area (TPSA) is 92.8 Å². The van der Waals surface area contributed by atoms with Crippen LogP contribution in [-0.2, 0) is 0 Å². The molecule has 0 amide bonds. The van der Waals surface area contributed by atoms with E-state index in [1.807, 2.05) is 66.9 Å². The van der Waals surface area contributed by atoms with Gasteiger partial charge < -0.3 is 14.2 Å². The number of methoxy groups -OCH3 is 1. The first-order valence-electron chi connectivity index (χ1n) is 12.4. The lowest BCUT2D eigenvalue weighted by Crippen LogP contribution is -2.26. The maximum atomic E-state index is 13.4. The van der Waals surface area contributed by atoms with Gasteiger partial charge in [-0.2, -0.15) is 14.6 Å². The van der Waals surface area contributed by atoms with Crippen molar-refractivity contribution in [3.05, 3.63) is 110 Å². The molecule has 0 radical (unpaired) electrons. The number of para-hydroxylation sites is 3. The van der Waals surface area contributed by atoms with Gasteiger partial charge >= 0.3 is 0 Å². The van der Waals surface area contributed by atoms with Crippen molar-refractivity contribution < 1.29 is 14.2 Å². The van der Waals surface area contributed by atoms with Crippen LogP contribution >= 0.6 is 22.9 Å². The molecule has 0 spiro atoms. The van der Waals surface area contributed by atoms with E-state index in [1.165, 1.54) is 15.9 Å². The quantitative estimate of drug-likeness (QED) is 0.296. The molecule has 0 saturated carbocycles. The smallest absolute Gasteiger partial charge is 0.291 e. The first-order chi connectivity index (χ1) is 19.6. The zero-order chi connectivity index (χ0) is 27.2. The molecule has 7 rings (SSSR count). The second-order valence-corrected chi connectivity index (χ2v) is 10.4. The molecule has 9 nitrogen and oxygen atoms in total. The SMILES string of the molecule is COc1ccc(-c2nn(-c3ccccc3)cc2/C=c2\sc3nc(C4COc5ccccc5O4)nn3c2=O)cc1Cl. The Morgan fingerprint density at radius 2 is 1.85 bits per heavy atom. The molecule has 0 bridgehead atoms. The molecule has 11 heteroatoms. The molecule has 0 saturated heterocycles. The van der Waals surface area contributed by atoms with Gasteiger partial charge in [0, 0.05) is 17.3 Å². The zero-order valence-electron chi connectivity index (χ0n) is 21.0. The summed E-state index contributed by atoms with van der Waals surface area (Å²) in [5, 5.41) is 9.76. The Kier molecular flexibility index (Phi) is 5.98. The van der Waals surface area contributed by atoms with Gasteiger partial charge in [0.15, 0.2) is 23.4 Å². The number of hydrogen-bond donors (Lipinski definition) is 0. The standard InChI is InChI=1S/C29H20ClN5O4S/c1-37-21-12-11-17(13-20(21)30)26-18(15-34(32-26)19-7-3-2-4-8-19)14-25-28(36)35-29(40-25)31-27(33-35)24-16-38-22-9-5-6-10-23(22)39-24/h2-15,24H,16H2,1H3/b25-14-. The molecule has 0 N–H and O–H groups in total. The number of rotatable bonds is 5. The van der Waals surface area contributed by atoms with Crippen LogP contribution in [0.15, 0.2) is 83.8 Å². The lowest BCUT2D eigenvalue weighted by atomic mass is 10.1. The van der Waals surface area contributed by atoms with Gasteiger partial charge in [0.1, 0.15) is 18.1 Å². The zero-order valence-corrected chi connectivity index (χ0v) is 22.6. The highest BCUT2D eigenvalue weighted by Gasteiger charge is 2.27. The summed E-state index contributed by atoms with van der Waals surface area (Å²) >= 11 is 7.68. The molecule has 3 aromatic carbocycles. The van der Waals surface area contributed by atoms with Crippen LogP contribution in [0.25, 0.3) is 28.0 Å². The number of aromatic nitrogens is 5. The average Bonchev–Trinajstić information content (AvgIpc) is 3.68. The fourth-order valence-corrected chi connectivity index (χ4v) is 5.68. The third kappa shape index (κ3) is 4.27. The van der Waals surface area contributed by atoms with Crippen LogP contribution < -0.4 is 24.3 Å². The van der Waals surface area contributed by atoms with E-state index in [2.05, 4.69) is 10.1 Å². The van der Waals surface area contributed by atoms with Crippen LogP contribution in [0, 0.1) is 0 Å². The second-order valence-electron chi connectivity index (χ2n) is 9.01. The minimum Gasteiger partial charge on any atom is -0.495 e. The van der Waals surface area contributed by atoms with Gasteiger partial charge in [-0.3, -0.25) is 4.79 Å². The van der Waals surface area contributed by atoms with Crippen molar-refractivity contribution in [1.82, 2.24) is 24.4 Å². The first-order valence-corrected chi connectivity index (χ1v) is 13.6. The summed E-state index contributed by atoms with van der Waals surface area (Å²) in [6, 6.07) is 22.6. The Morgan fingerprint density at radius 3 is 2.62 bits per heavy atom. The molecule has 1 aliphatic heterocycles. The number of halogens is 1. The van der Waals surface area contributed by atoms with Crippen LogP contribution in [0.4, 0.5) is 0 Å².